The number of nitrogens with one attached hydrogen (secondary N) is 1. The smallest absolute Gasteiger partial charge is 0.372 e. The van der Waals surface area contributed by atoms with Gasteiger partial charge in [0.25, 0.3) is 0 Å². The van der Waals surface area contributed by atoms with Gasteiger partial charge in [-0.25, -0.2) is 4.98 Å². The maximum atomic E-state index is 12.0. The third-order valence-corrected chi connectivity index (χ3v) is 2.67. The molecule has 1 N–H and O–H groups in total. The first-order valence-electron chi connectivity index (χ1n) is 6.36. The van der Waals surface area contributed by atoms with Gasteiger partial charge in [-0.2, -0.15) is 13.2 Å². The van der Waals surface area contributed by atoms with Crippen LogP contribution in [0.2, 0.25) is 0 Å². The van der Waals surface area contributed by atoms with E-state index in [-0.39, 0.29) is 12.6 Å². The van der Waals surface area contributed by atoms with Crippen molar-refractivity contribution in [2.24, 2.45) is 0 Å². The van der Waals surface area contributed by atoms with E-state index in [1.165, 1.54) is 0 Å². The van der Waals surface area contributed by atoms with Crippen LogP contribution in [-0.4, -0.2) is 35.5 Å². The molecule has 0 saturated carbocycles. The van der Waals surface area contributed by atoms with Crippen molar-refractivity contribution in [1.82, 2.24) is 14.9 Å². The summed E-state index contributed by atoms with van der Waals surface area (Å²) in [7, 11) is 0. The minimum absolute atomic E-state index is 0.0494. The Kier molecular flexibility index (Phi) is 6.30. The van der Waals surface area contributed by atoms with Crippen LogP contribution in [0.1, 0.15) is 32.1 Å². The fourth-order valence-electron chi connectivity index (χ4n) is 1.86. The summed E-state index contributed by atoms with van der Waals surface area (Å²) in [5.41, 5.74) is 0. The van der Waals surface area contributed by atoms with Crippen molar-refractivity contribution >= 4 is 0 Å². The molecule has 0 amide bonds. The van der Waals surface area contributed by atoms with Crippen LogP contribution in [0.15, 0.2) is 12.4 Å². The second-order valence-electron chi connectivity index (χ2n) is 4.14. The summed E-state index contributed by atoms with van der Waals surface area (Å²) in [5.74, 6) is 0.833. The molecule has 1 aromatic rings. The second kappa shape index (κ2) is 7.49. The van der Waals surface area contributed by atoms with Gasteiger partial charge >= 0.3 is 6.18 Å². The maximum Gasteiger partial charge on any atom is 0.411 e. The van der Waals surface area contributed by atoms with Crippen molar-refractivity contribution in [3.8, 4) is 0 Å². The number of hydrogen-bond donors (Lipinski definition) is 1. The van der Waals surface area contributed by atoms with E-state index >= 15 is 0 Å². The number of imidazole rings is 1. The van der Waals surface area contributed by atoms with Crippen molar-refractivity contribution < 1.29 is 17.9 Å². The standard InChI is InChI=1S/C12H20F3N3O/c1-3-16-10(5-8-19-9-12(13,14)15)11-17-6-7-18(11)4-2/h6-7,10,16H,3-5,8-9H2,1-2H3. The molecular weight excluding hydrogens is 259 g/mol. The van der Waals surface area contributed by atoms with Crippen molar-refractivity contribution in [2.45, 2.75) is 39.0 Å². The predicted octanol–water partition coefficient (Wildman–Crippen LogP) is 2.52. The van der Waals surface area contributed by atoms with Gasteiger partial charge in [-0.1, -0.05) is 6.92 Å². The Morgan fingerprint density at radius 2 is 2.16 bits per heavy atom. The Labute approximate surface area is 111 Å². The Hall–Kier alpha value is -1.08. The maximum absolute atomic E-state index is 12.0. The van der Waals surface area contributed by atoms with E-state index < -0.39 is 12.8 Å². The summed E-state index contributed by atoms with van der Waals surface area (Å²) in [6.07, 6.45) is -0.257. The van der Waals surface area contributed by atoms with Gasteiger partial charge in [0.2, 0.25) is 0 Å². The van der Waals surface area contributed by atoms with E-state index in [0.29, 0.717) is 6.42 Å². The van der Waals surface area contributed by atoms with Crippen LogP contribution in [-0.2, 0) is 11.3 Å². The fraction of sp³-hybridized carbons (Fsp3) is 0.750. The van der Waals surface area contributed by atoms with E-state index in [9.17, 15) is 13.2 Å². The summed E-state index contributed by atoms with van der Waals surface area (Å²) in [5, 5.41) is 3.21. The van der Waals surface area contributed by atoms with Gasteiger partial charge < -0.3 is 14.6 Å². The van der Waals surface area contributed by atoms with Gasteiger partial charge in [0.15, 0.2) is 0 Å². The summed E-state index contributed by atoms with van der Waals surface area (Å²) < 4.78 is 42.5. The first-order valence-corrected chi connectivity index (χ1v) is 6.36. The highest BCUT2D eigenvalue weighted by Gasteiger charge is 2.27. The molecule has 1 rings (SSSR count). The largest absolute Gasteiger partial charge is 0.411 e. The van der Waals surface area contributed by atoms with E-state index in [1.807, 2.05) is 24.6 Å². The monoisotopic (exact) mass is 279 g/mol. The number of rotatable bonds is 8. The zero-order chi connectivity index (χ0) is 14.3. The molecular formula is C12H20F3N3O. The van der Waals surface area contributed by atoms with Crippen LogP contribution in [0, 0.1) is 0 Å². The lowest BCUT2D eigenvalue weighted by atomic mass is 10.2. The topological polar surface area (TPSA) is 39.1 Å². The van der Waals surface area contributed by atoms with Gasteiger partial charge in [-0.3, -0.25) is 0 Å². The first kappa shape index (κ1) is 16.0. The number of halogens is 3. The van der Waals surface area contributed by atoms with Crippen molar-refractivity contribution in [3.63, 3.8) is 0 Å². The molecule has 0 aliphatic rings. The molecule has 0 aliphatic carbocycles. The molecule has 19 heavy (non-hydrogen) atoms. The van der Waals surface area contributed by atoms with Crippen molar-refractivity contribution in [2.75, 3.05) is 19.8 Å². The third kappa shape index (κ3) is 5.61. The predicted molar refractivity (Wildman–Crippen MR) is 65.8 cm³/mol. The molecule has 0 aromatic carbocycles. The highest BCUT2D eigenvalue weighted by molar-refractivity contribution is 4.99. The number of alkyl halides is 3. The van der Waals surface area contributed by atoms with Crippen LogP contribution in [0.25, 0.3) is 0 Å². The molecule has 1 aromatic heterocycles. The molecule has 0 radical (unpaired) electrons. The summed E-state index contributed by atoms with van der Waals surface area (Å²) in [6.45, 7) is 4.29. The molecule has 7 heteroatoms. The lowest BCUT2D eigenvalue weighted by molar-refractivity contribution is -0.174. The number of nitrogens with zero attached hydrogens (tertiary/aromatic N) is 2. The molecule has 110 valence electrons. The van der Waals surface area contributed by atoms with Gasteiger partial charge in [-0.15, -0.1) is 0 Å². The average Bonchev–Trinajstić information content (AvgIpc) is 2.80. The number of hydrogen-bond acceptors (Lipinski definition) is 3. The van der Waals surface area contributed by atoms with Crippen LogP contribution in [0.5, 0.6) is 0 Å². The Balaban J connectivity index is 2.49. The summed E-state index contributed by atoms with van der Waals surface area (Å²) >= 11 is 0. The fourth-order valence-corrected chi connectivity index (χ4v) is 1.86. The van der Waals surface area contributed by atoms with E-state index in [2.05, 4.69) is 15.0 Å². The van der Waals surface area contributed by atoms with Gasteiger partial charge in [0.05, 0.1) is 6.04 Å². The molecule has 0 bridgehead atoms. The highest BCUT2D eigenvalue weighted by atomic mass is 19.4. The van der Waals surface area contributed by atoms with Gasteiger partial charge in [0.1, 0.15) is 12.4 Å². The Morgan fingerprint density at radius 1 is 1.42 bits per heavy atom. The lowest BCUT2D eigenvalue weighted by Gasteiger charge is -2.18. The number of aryl methyl sites for hydroxylation is 1. The normalized spacial score (nSPS) is 13.7. The zero-order valence-electron chi connectivity index (χ0n) is 11.2. The van der Waals surface area contributed by atoms with Gasteiger partial charge in [0, 0.05) is 25.5 Å². The average molecular weight is 279 g/mol. The van der Waals surface area contributed by atoms with Crippen LogP contribution in [0.3, 0.4) is 0 Å². The summed E-state index contributed by atoms with van der Waals surface area (Å²) in [6, 6.07) is -0.0896. The molecule has 0 spiro atoms. The Bertz CT molecular complexity index is 365. The minimum Gasteiger partial charge on any atom is -0.372 e. The van der Waals surface area contributed by atoms with E-state index in [1.54, 1.807) is 6.20 Å². The first-order chi connectivity index (χ1) is 8.98. The number of ether oxygens (including phenoxy) is 1. The van der Waals surface area contributed by atoms with Gasteiger partial charge in [-0.05, 0) is 19.9 Å². The van der Waals surface area contributed by atoms with E-state index in [4.69, 9.17) is 0 Å². The van der Waals surface area contributed by atoms with Crippen LogP contribution < -0.4 is 5.32 Å². The zero-order valence-corrected chi connectivity index (χ0v) is 11.2. The van der Waals surface area contributed by atoms with Crippen LogP contribution in [0.4, 0.5) is 13.2 Å². The molecule has 4 nitrogen and oxygen atoms in total. The molecule has 1 unspecified atom stereocenters. The SMILES string of the molecule is CCNC(CCOCC(F)(F)F)c1nccn1CC. The van der Waals surface area contributed by atoms with Crippen molar-refractivity contribution in [1.29, 1.82) is 0 Å². The third-order valence-electron chi connectivity index (χ3n) is 2.67. The van der Waals surface area contributed by atoms with Crippen molar-refractivity contribution in [3.05, 3.63) is 18.2 Å². The molecule has 1 heterocycles. The minimum atomic E-state index is -4.27. The summed E-state index contributed by atoms with van der Waals surface area (Å²) in [4.78, 5) is 4.26. The van der Waals surface area contributed by atoms with Crippen LogP contribution >= 0.6 is 0 Å². The molecule has 0 aliphatic heterocycles. The molecule has 0 saturated heterocycles. The highest BCUT2D eigenvalue weighted by Crippen LogP contribution is 2.17. The number of aromatic nitrogens is 2. The second-order valence-corrected chi connectivity index (χ2v) is 4.14. The van der Waals surface area contributed by atoms with E-state index in [0.717, 1.165) is 18.9 Å². The quantitative estimate of drug-likeness (QED) is 0.743. The lowest BCUT2D eigenvalue weighted by Crippen LogP contribution is -2.26. The molecule has 1 atom stereocenters. The Morgan fingerprint density at radius 3 is 2.74 bits per heavy atom. The molecule has 0 fully saturated rings.